The molecule has 0 spiro atoms. The van der Waals surface area contributed by atoms with Crippen LogP contribution in [-0.2, 0) is 30.9 Å². The van der Waals surface area contributed by atoms with Crippen LogP contribution >= 0.6 is 11.3 Å². The number of benzene rings is 2. The summed E-state index contributed by atoms with van der Waals surface area (Å²) in [6, 6.07) is 8.96. The molecule has 0 radical (unpaired) electrons. The Hall–Kier alpha value is -3.62. The fourth-order valence-electron chi connectivity index (χ4n) is 4.08. The van der Waals surface area contributed by atoms with E-state index in [0.29, 0.717) is 22.4 Å². The van der Waals surface area contributed by atoms with Gasteiger partial charge in [-0.05, 0) is 50.1 Å². The van der Waals surface area contributed by atoms with Gasteiger partial charge in [0.05, 0.1) is 33.8 Å². The maximum absolute atomic E-state index is 13.3. The van der Waals surface area contributed by atoms with Gasteiger partial charge >= 0.3 is 5.97 Å². The Labute approximate surface area is 216 Å². The van der Waals surface area contributed by atoms with Crippen molar-refractivity contribution in [2.45, 2.75) is 37.2 Å². The number of thiazole rings is 1. The summed E-state index contributed by atoms with van der Waals surface area (Å²) in [6.07, 6.45) is 0.759. The highest BCUT2D eigenvalue weighted by atomic mass is 32.2. The lowest BCUT2D eigenvalue weighted by Gasteiger charge is -2.21. The van der Waals surface area contributed by atoms with Crippen molar-refractivity contribution in [3.63, 3.8) is 0 Å². The van der Waals surface area contributed by atoms with Crippen LogP contribution in [0, 0.1) is 10.1 Å². The van der Waals surface area contributed by atoms with E-state index in [2.05, 4.69) is 4.99 Å². The molecule has 1 atom stereocenters. The van der Waals surface area contributed by atoms with Gasteiger partial charge in [0.2, 0.25) is 10.0 Å². The molecule has 12 nitrogen and oxygen atoms in total. The number of non-ortho nitro benzene ring substituents is 1. The predicted octanol–water partition coefficient (Wildman–Crippen LogP) is 2.46. The smallest absolute Gasteiger partial charge is 0.326 e. The molecule has 0 aliphatic carbocycles. The summed E-state index contributed by atoms with van der Waals surface area (Å²) < 4.78 is 39.7. The molecule has 14 heteroatoms. The summed E-state index contributed by atoms with van der Waals surface area (Å²) in [5.74, 6) is -0.758. The Morgan fingerprint density at radius 1 is 1.22 bits per heavy atom. The molecular formula is C23H24N4O8S2. The van der Waals surface area contributed by atoms with E-state index in [1.165, 1.54) is 54.1 Å². The van der Waals surface area contributed by atoms with Crippen LogP contribution in [0.4, 0.5) is 5.69 Å². The van der Waals surface area contributed by atoms with Crippen molar-refractivity contribution < 1.29 is 32.4 Å². The lowest BCUT2D eigenvalue weighted by Crippen LogP contribution is -2.40. The molecule has 1 unspecified atom stereocenters. The first kappa shape index (κ1) is 26.4. The van der Waals surface area contributed by atoms with Crippen LogP contribution in [0.3, 0.4) is 0 Å². The molecule has 2 heterocycles. The molecule has 1 saturated heterocycles. The van der Waals surface area contributed by atoms with Crippen molar-refractivity contribution in [3.05, 3.63) is 57.4 Å². The molecule has 1 fully saturated rings. The van der Waals surface area contributed by atoms with Gasteiger partial charge in [0.25, 0.3) is 11.6 Å². The van der Waals surface area contributed by atoms with Crippen molar-refractivity contribution in [1.29, 1.82) is 0 Å². The molecule has 4 rings (SSSR count). The Balaban J connectivity index is 1.73. The number of nitrogens with zero attached hydrogens (tertiary/aromatic N) is 4. The molecule has 1 aromatic heterocycles. The summed E-state index contributed by atoms with van der Waals surface area (Å²) in [5, 5.41) is 11.2. The number of sulfonamides is 1. The van der Waals surface area contributed by atoms with Gasteiger partial charge in [-0.25, -0.2) is 8.42 Å². The van der Waals surface area contributed by atoms with E-state index < -0.39 is 32.9 Å². The number of nitro benzene ring substituents is 1. The van der Waals surface area contributed by atoms with Crippen LogP contribution in [0.5, 0.6) is 5.75 Å². The molecule has 1 amide bonds. The first-order valence-corrected chi connectivity index (χ1v) is 13.6. The number of carbonyl (C=O) groups is 2. The molecule has 0 N–H and O–H groups in total. The van der Waals surface area contributed by atoms with Gasteiger partial charge in [-0.3, -0.25) is 19.7 Å². The Morgan fingerprint density at radius 3 is 2.59 bits per heavy atom. The van der Waals surface area contributed by atoms with E-state index in [1.807, 2.05) is 0 Å². The standard InChI is InChI=1S/C23H24N4O8S2/c1-3-35-21(28)14-25-18-11-6-15(27(30)31)13-20(18)36-23(25)24-22(29)19-5-4-12-26(19)37(32,33)17-9-7-16(34-2)8-10-17/h6-11,13,19H,3-5,12,14H2,1-2H3. The van der Waals surface area contributed by atoms with Gasteiger partial charge in [-0.15, -0.1) is 0 Å². The highest BCUT2D eigenvalue weighted by Crippen LogP contribution is 2.28. The van der Waals surface area contributed by atoms with Crippen LogP contribution < -0.4 is 9.54 Å². The van der Waals surface area contributed by atoms with Gasteiger partial charge in [0.15, 0.2) is 4.80 Å². The topological polar surface area (TPSA) is 150 Å². The number of nitro groups is 1. The monoisotopic (exact) mass is 548 g/mol. The van der Waals surface area contributed by atoms with Crippen molar-refractivity contribution in [3.8, 4) is 5.75 Å². The first-order chi connectivity index (χ1) is 17.6. The van der Waals surface area contributed by atoms with E-state index in [-0.39, 0.29) is 41.5 Å². The van der Waals surface area contributed by atoms with Gasteiger partial charge < -0.3 is 14.0 Å². The number of esters is 1. The molecule has 196 valence electrons. The molecule has 0 bridgehead atoms. The second-order valence-electron chi connectivity index (χ2n) is 8.08. The largest absolute Gasteiger partial charge is 0.497 e. The Bertz CT molecular complexity index is 1530. The van der Waals surface area contributed by atoms with Gasteiger partial charge in [-0.2, -0.15) is 9.30 Å². The molecule has 1 aliphatic rings. The third kappa shape index (κ3) is 5.40. The highest BCUT2D eigenvalue weighted by Gasteiger charge is 2.39. The zero-order valence-electron chi connectivity index (χ0n) is 20.0. The lowest BCUT2D eigenvalue weighted by molar-refractivity contribution is -0.384. The molecule has 0 saturated carbocycles. The second-order valence-corrected chi connectivity index (χ2v) is 11.0. The minimum atomic E-state index is -3.98. The molecule has 2 aromatic carbocycles. The molecule has 1 aliphatic heterocycles. The number of fused-ring (bicyclic) bond motifs is 1. The number of methoxy groups -OCH3 is 1. The van der Waals surface area contributed by atoms with Crippen LogP contribution in [-0.4, -0.2) is 60.4 Å². The predicted molar refractivity (Wildman–Crippen MR) is 134 cm³/mol. The zero-order valence-corrected chi connectivity index (χ0v) is 21.7. The van der Waals surface area contributed by atoms with E-state index in [1.54, 1.807) is 6.92 Å². The summed E-state index contributed by atoms with van der Waals surface area (Å²) in [4.78, 5) is 40.5. The molecular weight excluding hydrogens is 524 g/mol. The number of hydrogen-bond acceptors (Lipinski definition) is 9. The average molecular weight is 549 g/mol. The van der Waals surface area contributed by atoms with Crippen LogP contribution in [0.15, 0.2) is 52.4 Å². The maximum Gasteiger partial charge on any atom is 0.326 e. The van der Waals surface area contributed by atoms with E-state index in [0.717, 1.165) is 15.6 Å². The van der Waals surface area contributed by atoms with Gasteiger partial charge in [0.1, 0.15) is 18.3 Å². The lowest BCUT2D eigenvalue weighted by atomic mass is 10.2. The van der Waals surface area contributed by atoms with Crippen molar-refractivity contribution >= 4 is 49.1 Å². The minimum Gasteiger partial charge on any atom is -0.497 e. The maximum atomic E-state index is 13.3. The van der Waals surface area contributed by atoms with E-state index in [9.17, 15) is 28.1 Å². The number of ether oxygens (including phenoxy) is 2. The van der Waals surface area contributed by atoms with Crippen molar-refractivity contribution in [2.24, 2.45) is 4.99 Å². The third-order valence-corrected chi connectivity index (χ3v) is 8.79. The SMILES string of the molecule is CCOC(=O)Cn1c(=NC(=O)C2CCCN2S(=O)(=O)c2ccc(OC)cc2)sc2cc([N+](=O)[O-])ccc21. The fourth-order valence-corrected chi connectivity index (χ4v) is 6.79. The van der Waals surface area contributed by atoms with Crippen molar-refractivity contribution in [2.75, 3.05) is 20.3 Å². The van der Waals surface area contributed by atoms with Crippen LogP contribution in [0.1, 0.15) is 19.8 Å². The fraction of sp³-hybridized carbons (Fsp3) is 0.348. The van der Waals surface area contributed by atoms with E-state index in [4.69, 9.17) is 9.47 Å². The molecule has 3 aromatic rings. The normalized spacial score (nSPS) is 16.7. The quantitative estimate of drug-likeness (QED) is 0.237. The minimum absolute atomic E-state index is 0.0274. The summed E-state index contributed by atoms with van der Waals surface area (Å²) in [5.41, 5.74) is 0.312. The number of hydrogen-bond donors (Lipinski definition) is 0. The summed E-state index contributed by atoms with van der Waals surface area (Å²) >= 11 is 0.993. The van der Waals surface area contributed by atoms with Crippen LogP contribution in [0.2, 0.25) is 0 Å². The summed E-state index contributed by atoms with van der Waals surface area (Å²) in [7, 11) is -2.51. The zero-order chi connectivity index (χ0) is 26.7. The Kier molecular flexibility index (Phi) is 7.71. The third-order valence-electron chi connectivity index (χ3n) is 5.83. The highest BCUT2D eigenvalue weighted by molar-refractivity contribution is 7.89. The van der Waals surface area contributed by atoms with Gasteiger partial charge in [0, 0.05) is 18.7 Å². The second kappa shape index (κ2) is 10.8. The van der Waals surface area contributed by atoms with E-state index >= 15 is 0 Å². The van der Waals surface area contributed by atoms with Crippen molar-refractivity contribution in [1.82, 2.24) is 8.87 Å². The van der Waals surface area contributed by atoms with Crippen LogP contribution in [0.25, 0.3) is 10.2 Å². The number of carbonyl (C=O) groups excluding carboxylic acids is 2. The Morgan fingerprint density at radius 2 is 1.95 bits per heavy atom. The number of rotatable bonds is 8. The molecule has 37 heavy (non-hydrogen) atoms. The average Bonchev–Trinajstić information content (AvgIpc) is 3.50. The summed E-state index contributed by atoms with van der Waals surface area (Å²) in [6.45, 7) is 1.70. The number of aromatic nitrogens is 1. The number of amides is 1. The van der Waals surface area contributed by atoms with Gasteiger partial charge in [-0.1, -0.05) is 11.3 Å². The first-order valence-electron chi connectivity index (χ1n) is 11.3.